The number of hydrogen-bond acceptors (Lipinski definition) is 3. The molecule has 0 bridgehead atoms. The van der Waals surface area contributed by atoms with Crippen LogP contribution >= 0.6 is 0 Å². The number of amides is 1. The number of carbonyl (C=O) groups excluding carboxylic acids is 1. The molecule has 0 radical (unpaired) electrons. The van der Waals surface area contributed by atoms with Crippen LogP contribution in [0, 0.1) is 5.92 Å². The predicted molar refractivity (Wildman–Crippen MR) is 80.7 cm³/mol. The first-order valence-electron chi connectivity index (χ1n) is 6.99. The van der Waals surface area contributed by atoms with Gasteiger partial charge in [-0.1, -0.05) is 0 Å². The van der Waals surface area contributed by atoms with Crippen LogP contribution in [0.25, 0.3) is 22.2 Å². The van der Waals surface area contributed by atoms with E-state index in [2.05, 4.69) is 20.3 Å². The summed E-state index contributed by atoms with van der Waals surface area (Å²) in [5.41, 5.74) is 2.97. The minimum Gasteiger partial charge on any atom is -0.354 e. The van der Waals surface area contributed by atoms with E-state index in [1.807, 2.05) is 30.5 Å². The highest BCUT2D eigenvalue weighted by molar-refractivity contribution is 5.95. The van der Waals surface area contributed by atoms with Crippen molar-refractivity contribution in [1.82, 2.24) is 15.0 Å². The zero-order valence-corrected chi connectivity index (χ0v) is 11.3. The summed E-state index contributed by atoms with van der Waals surface area (Å²) in [6.07, 6.45) is 7.31. The number of pyridine rings is 2. The van der Waals surface area contributed by atoms with Gasteiger partial charge in [-0.15, -0.1) is 0 Å². The van der Waals surface area contributed by atoms with Gasteiger partial charge in [0.1, 0.15) is 5.82 Å². The number of H-pyrrole nitrogens is 1. The third kappa shape index (κ3) is 2.38. The molecule has 2 N–H and O–H groups in total. The molecule has 1 aliphatic rings. The average Bonchev–Trinajstić information content (AvgIpc) is 3.28. The van der Waals surface area contributed by atoms with E-state index in [0.29, 0.717) is 5.82 Å². The molecule has 1 saturated carbocycles. The number of fused-ring (bicyclic) bond motifs is 1. The SMILES string of the molecule is O=C(Nc1cc2[nH]c(-c3cccnc3)cc2cn1)C1CC1. The molecule has 0 atom stereocenters. The van der Waals surface area contributed by atoms with Crippen LogP contribution < -0.4 is 5.32 Å². The van der Waals surface area contributed by atoms with Crippen LogP contribution in [0.1, 0.15) is 12.8 Å². The van der Waals surface area contributed by atoms with Crippen LogP contribution in [0.15, 0.2) is 42.9 Å². The van der Waals surface area contributed by atoms with Crippen molar-refractivity contribution in [2.24, 2.45) is 5.92 Å². The second-order valence-electron chi connectivity index (χ2n) is 5.35. The number of nitrogens with one attached hydrogen (secondary N) is 2. The van der Waals surface area contributed by atoms with Crippen molar-refractivity contribution in [3.05, 3.63) is 42.9 Å². The molecule has 0 aromatic carbocycles. The first-order chi connectivity index (χ1) is 10.3. The number of hydrogen-bond donors (Lipinski definition) is 2. The van der Waals surface area contributed by atoms with Crippen molar-refractivity contribution < 1.29 is 4.79 Å². The van der Waals surface area contributed by atoms with Gasteiger partial charge in [-0.25, -0.2) is 4.98 Å². The minimum absolute atomic E-state index is 0.0703. The summed E-state index contributed by atoms with van der Waals surface area (Å²) in [6, 6.07) is 7.81. The Morgan fingerprint density at radius 2 is 2.19 bits per heavy atom. The molecule has 1 aliphatic carbocycles. The maximum atomic E-state index is 11.8. The largest absolute Gasteiger partial charge is 0.354 e. The molecular formula is C16H14N4O. The van der Waals surface area contributed by atoms with Gasteiger partial charge in [-0.2, -0.15) is 0 Å². The van der Waals surface area contributed by atoms with Gasteiger partial charge in [0.05, 0.1) is 5.52 Å². The molecule has 5 nitrogen and oxygen atoms in total. The van der Waals surface area contributed by atoms with Gasteiger partial charge in [-0.3, -0.25) is 9.78 Å². The van der Waals surface area contributed by atoms with Gasteiger partial charge in [0.25, 0.3) is 0 Å². The molecule has 3 aromatic heterocycles. The Morgan fingerprint density at radius 3 is 2.95 bits per heavy atom. The lowest BCUT2D eigenvalue weighted by Crippen LogP contribution is -2.14. The van der Waals surface area contributed by atoms with Crippen LogP contribution in [0.5, 0.6) is 0 Å². The third-order valence-electron chi connectivity index (χ3n) is 3.68. The Balaban J connectivity index is 1.66. The number of aromatic nitrogens is 3. The molecule has 3 heterocycles. The Labute approximate surface area is 121 Å². The highest BCUT2D eigenvalue weighted by Crippen LogP contribution is 2.30. The molecule has 1 fully saturated rings. The van der Waals surface area contributed by atoms with Gasteiger partial charge < -0.3 is 10.3 Å². The van der Waals surface area contributed by atoms with Crippen LogP contribution in [-0.4, -0.2) is 20.9 Å². The van der Waals surface area contributed by atoms with Gasteiger partial charge in [0, 0.05) is 47.2 Å². The van der Waals surface area contributed by atoms with Gasteiger partial charge in [0.2, 0.25) is 5.91 Å². The topological polar surface area (TPSA) is 70.7 Å². The molecule has 0 spiro atoms. The molecule has 0 unspecified atom stereocenters. The Kier molecular flexibility index (Phi) is 2.70. The summed E-state index contributed by atoms with van der Waals surface area (Å²) in [5.74, 6) is 0.844. The van der Waals surface area contributed by atoms with Crippen LogP contribution in [-0.2, 0) is 4.79 Å². The Bertz CT molecular complexity index is 806. The van der Waals surface area contributed by atoms with Gasteiger partial charge in [-0.05, 0) is 31.0 Å². The third-order valence-corrected chi connectivity index (χ3v) is 3.68. The fourth-order valence-electron chi connectivity index (χ4n) is 2.35. The van der Waals surface area contributed by atoms with Gasteiger partial charge >= 0.3 is 0 Å². The lowest BCUT2D eigenvalue weighted by molar-refractivity contribution is -0.117. The number of aromatic amines is 1. The van der Waals surface area contributed by atoms with E-state index in [0.717, 1.165) is 35.0 Å². The molecule has 1 amide bonds. The van der Waals surface area contributed by atoms with E-state index in [1.165, 1.54) is 0 Å². The second kappa shape index (κ2) is 4.70. The first-order valence-corrected chi connectivity index (χ1v) is 6.99. The molecule has 4 rings (SSSR count). The van der Waals surface area contributed by atoms with Crippen molar-refractivity contribution in [2.45, 2.75) is 12.8 Å². The summed E-state index contributed by atoms with van der Waals surface area (Å²) in [6.45, 7) is 0. The summed E-state index contributed by atoms with van der Waals surface area (Å²) in [4.78, 5) is 23.5. The highest BCUT2D eigenvalue weighted by Gasteiger charge is 2.29. The molecule has 3 aromatic rings. The fraction of sp³-hybridized carbons (Fsp3) is 0.188. The summed E-state index contributed by atoms with van der Waals surface area (Å²) in [7, 11) is 0. The summed E-state index contributed by atoms with van der Waals surface area (Å²) in [5, 5.41) is 3.87. The van der Waals surface area contributed by atoms with Crippen molar-refractivity contribution in [3.63, 3.8) is 0 Å². The lowest BCUT2D eigenvalue weighted by Gasteiger charge is -2.02. The van der Waals surface area contributed by atoms with Crippen molar-refractivity contribution in [1.29, 1.82) is 0 Å². The Morgan fingerprint density at radius 1 is 1.29 bits per heavy atom. The number of carbonyl (C=O) groups is 1. The second-order valence-corrected chi connectivity index (χ2v) is 5.35. The molecular weight excluding hydrogens is 264 g/mol. The summed E-state index contributed by atoms with van der Waals surface area (Å²) >= 11 is 0. The van der Waals surface area contributed by atoms with Crippen LogP contribution in [0.4, 0.5) is 5.82 Å². The molecule has 0 saturated heterocycles. The van der Waals surface area contributed by atoms with Crippen molar-refractivity contribution in [3.8, 4) is 11.3 Å². The van der Waals surface area contributed by atoms with Crippen LogP contribution in [0.2, 0.25) is 0 Å². The van der Waals surface area contributed by atoms with Crippen LogP contribution in [0.3, 0.4) is 0 Å². The van der Waals surface area contributed by atoms with E-state index in [9.17, 15) is 4.79 Å². The predicted octanol–water partition coefficient (Wildman–Crippen LogP) is 2.97. The monoisotopic (exact) mass is 278 g/mol. The van der Waals surface area contributed by atoms with Crippen molar-refractivity contribution in [2.75, 3.05) is 5.32 Å². The van der Waals surface area contributed by atoms with Gasteiger partial charge in [0.15, 0.2) is 0 Å². The van der Waals surface area contributed by atoms with E-state index >= 15 is 0 Å². The Hall–Kier alpha value is -2.69. The quantitative estimate of drug-likeness (QED) is 0.773. The minimum atomic E-state index is 0.0703. The molecule has 104 valence electrons. The smallest absolute Gasteiger partial charge is 0.228 e. The normalized spacial score (nSPS) is 14.3. The standard InChI is InChI=1S/C16H14N4O/c21-16(10-3-4-10)20-15-7-14-12(9-18-15)6-13(19-14)11-2-1-5-17-8-11/h1-2,5-10,19H,3-4H2,(H,18,20,21). The van der Waals surface area contributed by atoms with Crippen molar-refractivity contribution >= 4 is 22.6 Å². The lowest BCUT2D eigenvalue weighted by atomic mass is 10.2. The average molecular weight is 278 g/mol. The number of anilines is 1. The molecule has 5 heteroatoms. The summed E-state index contributed by atoms with van der Waals surface area (Å²) < 4.78 is 0. The zero-order valence-electron chi connectivity index (χ0n) is 11.3. The maximum absolute atomic E-state index is 11.8. The van der Waals surface area contributed by atoms with E-state index in [4.69, 9.17) is 0 Å². The highest BCUT2D eigenvalue weighted by atomic mass is 16.2. The first kappa shape index (κ1) is 12.1. The molecule has 0 aliphatic heterocycles. The number of rotatable bonds is 3. The van der Waals surface area contributed by atoms with E-state index in [-0.39, 0.29) is 11.8 Å². The zero-order chi connectivity index (χ0) is 14.2. The number of nitrogens with zero attached hydrogens (tertiary/aromatic N) is 2. The van der Waals surface area contributed by atoms with E-state index in [1.54, 1.807) is 12.4 Å². The van der Waals surface area contributed by atoms with E-state index < -0.39 is 0 Å². The molecule has 21 heavy (non-hydrogen) atoms. The fourth-order valence-corrected chi connectivity index (χ4v) is 2.35. The maximum Gasteiger partial charge on any atom is 0.228 e.